The van der Waals surface area contributed by atoms with Crippen molar-refractivity contribution in [2.45, 2.75) is 25.8 Å². The molecule has 0 aromatic heterocycles. The monoisotopic (exact) mass is 399 g/mol. The minimum Gasteiger partial charge on any atom is -0.378 e. The highest BCUT2D eigenvalue weighted by Gasteiger charge is 2.20. The van der Waals surface area contributed by atoms with E-state index in [1.54, 1.807) is 0 Å². The lowest BCUT2D eigenvalue weighted by Crippen LogP contribution is -2.41. The molecule has 0 bridgehead atoms. The lowest BCUT2D eigenvalue weighted by molar-refractivity contribution is 0.249. The first-order valence-corrected chi connectivity index (χ1v) is 9.68. The smallest absolute Gasteiger partial charge is 0.199 e. The summed E-state index contributed by atoms with van der Waals surface area (Å²) in [5.41, 5.74) is 7.96. The van der Waals surface area contributed by atoms with Crippen molar-refractivity contribution < 1.29 is 0 Å². The zero-order valence-electron chi connectivity index (χ0n) is 15.4. The number of amidine groups is 1. The predicted molar refractivity (Wildman–Crippen MR) is 122 cm³/mol. The second kappa shape index (κ2) is 11.0. The molecule has 3 N–H and O–H groups in total. The molecule has 1 saturated heterocycles. The van der Waals surface area contributed by atoms with Crippen molar-refractivity contribution in [1.82, 2.24) is 4.90 Å². The average Bonchev–Trinajstić information content (AvgIpc) is 2.55. The Labute approximate surface area is 164 Å². The molecular formula is C17H30N5PS2. The topological polar surface area (TPSA) is 56.9 Å². The van der Waals surface area contributed by atoms with E-state index in [9.17, 15) is 0 Å². The second-order valence-corrected chi connectivity index (χ2v) is 7.71. The van der Waals surface area contributed by atoms with Crippen LogP contribution in [-0.4, -0.2) is 54.2 Å². The van der Waals surface area contributed by atoms with Gasteiger partial charge in [-0.15, -0.1) is 0 Å². The molecule has 0 saturated carbocycles. The van der Waals surface area contributed by atoms with Crippen molar-refractivity contribution in [2.75, 3.05) is 43.2 Å². The lowest BCUT2D eigenvalue weighted by Gasteiger charge is -2.36. The van der Waals surface area contributed by atoms with Crippen LogP contribution >= 0.6 is 33.9 Å². The van der Waals surface area contributed by atoms with Gasteiger partial charge in [-0.2, -0.15) is 14.9 Å². The van der Waals surface area contributed by atoms with E-state index in [-0.39, 0.29) is 9.90 Å². The number of anilines is 2. The van der Waals surface area contributed by atoms with Gasteiger partial charge in [0.25, 0.3) is 0 Å². The molecule has 1 unspecified atom stereocenters. The Morgan fingerprint density at radius 2 is 1.92 bits per heavy atom. The van der Waals surface area contributed by atoms with E-state index in [0.717, 1.165) is 24.5 Å². The van der Waals surface area contributed by atoms with E-state index in [1.807, 2.05) is 19.1 Å². The summed E-state index contributed by atoms with van der Waals surface area (Å²) in [6.45, 7) is 4.23. The second-order valence-electron chi connectivity index (χ2n) is 6.04. The number of hydrogen-bond acceptors (Lipinski definition) is 4. The molecule has 140 valence electrons. The summed E-state index contributed by atoms with van der Waals surface area (Å²) in [5, 5.41) is 4.00. The third-order valence-corrected chi connectivity index (χ3v) is 5.05. The Morgan fingerprint density at radius 3 is 2.44 bits per heavy atom. The maximum absolute atomic E-state index is 5.77. The molecule has 1 aromatic rings. The van der Waals surface area contributed by atoms with Gasteiger partial charge in [0.1, 0.15) is 0 Å². The van der Waals surface area contributed by atoms with Gasteiger partial charge >= 0.3 is 0 Å². The summed E-state index contributed by atoms with van der Waals surface area (Å²) in [5.74, 6) is 0.886. The summed E-state index contributed by atoms with van der Waals surface area (Å²) in [4.78, 5) is 8.93. The Balaban J connectivity index is 0.00000312. The number of benzene rings is 1. The zero-order chi connectivity index (χ0) is 17.5. The van der Waals surface area contributed by atoms with E-state index in [4.69, 9.17) is 18.0 Å². The molecule has 1 fully saturated rings. The first kappa shape index (κ1) is 22.2. The van der Waals surface area contributed by atoms with E-state index in [1.165, 1.54) is 30.3 Å². The Hall–Kier alpha value is -0.880. The quantitative estimate of drug-likeness (QED) is 0.351. The third-order valence-electron chi connectivity index (χ3n) is 4.18. The van der Waals surface area contributed by atoms with Gasteiger partial charge < -0.3 is 20.9 Å². The SMILES string of the molecule is CCSC(N)=NC(=S)Nc1ccc(N2CCC(N(C)C)CC2)cc1.P. The molecule has 1 aliphatic heterocycles. The molecule has 1 heterocycles. The Morgan fingerprint density at radius 1 is 1.32 bits per heavy atom. The number of nitrogens with two attached hydrogens (primary N) is 1. The maximum atomic E-state index is 5.77. The number of rotatable bonds is 4. The van der Waals surface area contributed by atoms with Gasteiger partial charge in [0, 0.05) is 30.5 Å². The van der Waals surface area contributed by atoms with E-state index < -0.39 is 0 Å². The molecular weight excluding hydrogens is 369 g/mol. The molecule has 2 rings (SSSR count). The van der Waals surface area contributed by atoms with Crippen LogP contribution in [0.1, 0.15) is 19.8 Å². The molecule has 0 spiro atoms. The summed E-state index contributed by atoms with van der Waals surface area (Å²) >= 11 is 6.70. The highest BCUT2D eigenvalue weighted by Crippen LogP contribution is 2.23. The van der Waals surface area contributed by atoms with Crippen LogP contribution in [0.2, 0.25) is 0 Å². The van der Waals surface area contributed by atoms with Crippen molar-refractivity contribution in [3.8, 4) is 0 Å². The Kier molecular flexibility index (Phi) is 9.72. The first-order valence-electron chi connectivity index (χ1n) is 8.29. The number of nitrogens with one attached hydrogen (secondary N) is 1. The minimum absolute atomic E-state index is 0. The van der Waals surface area contributed by atoms with Gasteiger partial charge in [0.05, 0.1) is 0 Å². The van der Waals surface area contributed by atoms with Crippen molar-refractivity contribution in [2.24, 2.45) is 10.7 Å². The molecule has 5 nitrogen and oxygen atoms in total. The van der Waals surface area contributed by atoms with Crippen LogP contribution < -0.4 is 16.0 Å². The van der Waals surface area contributed by atoms with Crippen molar-refractivity contribution in [1.29, 1.82) is 0 Å². The van der Waals surface area contributed by atoms with Crippen LogP contribution in [0.4, 0.5) is 11.4 Å². The molecule has 1 atom stereocenters. The number of piperidine rings is 1. The van der Waals surface area contributed by atoms with Crippen LogP contribution in [-0.2, 0) is 0 Å². The number of nitrogens with zero attached hydrogens (tertiary/aromatic N) is 3. The fourth-order valence-electron chi connectivity index (χ4n) is 2.83. The van der Waals surface area contributed by atoms with Crippen molar-refractivity contribution in [3.63, 3.8) is 0 Å². The molecule has 1 aromatic carbocycles. The number of hydrogen-bond donors (Lipinski definition) is 2. The predicted octanol–water partition coefficient (Wildman–Crippen LogP) is 3.04. The highest BCUT2D eigenvalue weighted by molar-refractivity contribution is 8.13. The minimum atomic E-state index is 0. The van der Waals surface area contributed by atoms with Gasteiger partial charge in [-0.05, 0) is 69.2 Å². The molecule has 8 heteroatoms. The van der Waals surface area contributed by atoms with Gasteiger partial charge in [-0.3, -0.25) is 0 Å². The average molecular weight is 400 g/mol. The fourth-order valence-corrected chi connectivity index (χ4v) is 3.55. The molecule has 25 heavy (non-hydrogen) atoms. The summed E-state index contributed by atoms with van der Waals surface area (Å²) in [6.07, 6.45) is 2.42. The molecule has 0 amide bonds. The van der Waals surface area contributed by atoms with Crippen LogP contribution in [0.3, 0.4) is 0 Å². The molecule has 1 aliphatic rings. The van der Waals surface area contributed by atoms with Gasteiger partial charge in [-0.25, -0.2) is 0 Å². The van der Waals surface area contributed by atoms with Crippen LogP contribution in [0.5, 0.6) is 0 Å². The van der Waals surface area contributed by atoms with Crippen molar-refractivity contribution in [3.05, 3.63) is 24.3 Å². The number of thiocarbonyl (C=S) groups is 1. The van der Waals surface area contributed by atoms with E-state index >= 15 is 0 Å². The standard InChI is InChI=1S/C17H27N5S2.H3P/c1-4-24-16(18)20-17(23)19-13-5-7-15(8-6-13)22-11-9-14(10-12-22)21(2)3;/h5-8,14H,4,9-12H2,1-3H3,(H3,18,19,20,23);1H3. The van der Waals surface area contributed by atoms with Crippen LogP contribution in [0, 0.1) is 0 Å². The zero-order valence-corrected chi connectivity index (χ0v) is 18.4. The van der Waals surface area contributed by atoms with Crippen LogP contribution in [0.15, 0.2) is 29.3 Å². The maximum Gasteiger partial charge on any atom is 0.199 e. The largest absolute Gasteiger partial charge is 0.378 e. The Bertz CT molecular complexity index is 569. The van der Waals surface area contributed by atoms with Crippen LogP contribution in [0.25, 0.3) is 0 Å². The normalized spacial score (nSPS) is 15.8. The van der Waals surface area contributed by atoms with Crippen molar-refractivity contribution >= 4 is 55.5 Å². The first-order chi connectivity index (χ1) is 11.5. The third kappa shape index (κ3) is 7.10. The van der Waals surface area contributed by atoms with Gasteiger partial charge in [0.2, 0.25) is 0 Å². The lowest BCUT2D eigenvalue weighted by atomic mass is 10.0. The highest BCUT2D eigenvalue weighted by atomic mass is 32.2. The van der Waals surface area contributed by atoms with Gasteiger partial charge in [0.15, 0.2) is 10.3 Å². The van der Waals surface area contributed by atoms with E-state index in [2.05, 4.69) is 46.3 Å². The summed E-state index contributed by atoms with van der Waals surface area (Å²) in [6, 6.07) is 9.05. The van der Waals surface area contributed by atoms with E-state index in [0.29, 0.717) is 16.3 Å². The number of thioether (sulfide) groups is 1. The molecule has 0 radical (unpaired) electrons. The summed E-state index contributed by atoms with van der Waals surface area (Å²) in [7, 11) is 4.33. The number of aliphatic imine (C=N–C) groups is 1. The molecule has 0 aliphatic carbocycles. The van der Waals surface area contributed by atoms with Gasteiger partial charge in [-0.1, -0.05) is 18.7 Å². The summed E-state index contributed by atoms with van der Waals surface area (Å²) < 4.78 is 0. The fraction of sp³-hybridized carbons (Fsp3) is 0.529.